The summed E-state index contributed by atoms with van der Waals surface area (Å²) < 4.78 is 5.29. The van der Waals surface area contributed by atoms with Crippen molar-refractivity contribution in [3.63, 3.8) is 0 Å². The predicted molar refractivity (Wildman–Crippen MR) is 147 cm³/mol. The summed E-state index contributed by atoms with van der Waals surface area (Å²) in [6.07, 6.45) is 3.83. The second kappa shape index (κ2) is 12.8. The number of hydrogen-bond donors (Lipinski definition) is 1. The summed E-state index contributed by atoms with van der Waals surface area (Å²) in [7, 11) is 1.64. The van der Waals surface area contributed by atoms with E-state index in [1.165, 1.54) is 10.9 Å². The fraction of sp³-hybridized carbons (Fsp3) is 0.290. The first-order chi connectivity index (χ1) is 18.1. The Morgan fingerprint density at radius 3 is 2.27 bits per heavy atom. The molecule has 4 aromatic rings. The van der Waals surface area contributed by atoms with Crippen molar-refractivity contribution in [2.45, 2.75) is 32.7 Å². The molecule has 3 aromatic carbocycles. The Bertz CT molecular complexity index is 1300. The normalized spacial score (nSPS) is 10.9. The van der Waals surface area contributed by atoms with Gasteiger partial charge in [-0.3, -0.25) is 9.59 Å². The Morgan fingerprint density at radius 2 is 1.54 bits per heavy atom. The number of methoxy groups -OCH3 is 1. The first-order valence-electron chi connectivity index (χ1n) is 12.8. The first kappa shape index (κ1) is 26.0. The minimum atomic E-state index is -0.0504. The highest BCUT2D eigenvalue weighted by Crippen LogP contribution is 2.19. The molecule has 0 fully saturated rings. The average Bonchev–Trinajstić information content (AvgIpc) is 3.34. The Morgan fingerprint density at radius 1 is 0.811 bits per heavy atom. The molecule has 0 saturated carbocycles. The van der Waals surface area contributed by atoms with Gasteiger partial charge >= 0.3 is 0 Å². The number of benzene rings is 3. The molecule has 192 valence electrons. The molecule has 1 heterocycles. The van der Waals surface area contributed by atoms with Crippen molar-refractivity contribution in [2.24, 2.45) is 0 Å². The molecule has 1 aromatic heterocycles. The summed E-state index contributed by atoms with van der Waals surface area (Å²) >= 11 is 0. The highest BCUT2D eigenvalue weighted by Gasteiger charge is 2.22. The molecule has 0 unspecified atom stereocenters. The fourth-order valence-electron chi connectivity index (χ4n) is 4.54. The Kier molecular flexibility index (Phi) is 8.98. The number of nitrogens with zero attached hydrogens (tertiary/aromatic N) is 2. The number of fused-ring (bicyclic) bond motifs is 1. The maximum Gasteiger partial charge on any atom is 0.242 e. The van der Waals surface area contributed by atoms with Gasteiger partial charge < -0.3 is 19.5 Å². The summed E-state index contributed by atoms with van der Waals surface area (Å²) in [5.41, 5.74) is 4.24. The minimum absolute atomic E-state index is 0.0255. The van der Waals surface area contributed by atoms with Gasteiger partial charge in [0.25, 0.3) is 0 Å². The number of carbonyl (C=O) groups is 2. The van der Waals surface area contributed by atoms with Crippen LogP contribution in [-0.2, 0) is 29.0 Å². The maximum atomic E-state index is 13.6. The van der Waals surface area contributed by atoms with E-state index in [1.807, 2.05) is 84.8 Å². The van der Waals surface area contributed by atoms with Crippen molar-refractivity contribution in [1.82, 2.24) is 14.8 Å². The summed E-state index contributed by atoms with van der Waals surface area (Å²) in [5, 5.41) is 1.17. The summed E-state index contributed by atoms with van der Waals surface area (Å²) in [4.78, 5) is 33.6. The van der Waals surface area contributed by atoms with Gasteiger partial charge in [-0.2, -0.15) is 0 Å². The molecule has 0 atom stereocenters. The van der Waals surface area contributed by atoms with Crippen LogP contribution in [0.15, 0.2) is 85.1 Å². The topological polar surface area (TPSA) is 65.6 Å². The molecule has 0 aliphatic rings. The van der Waals surface area contributed by atoms with Gasteiger partial charge in [-0.25, -0.2) is 0 Å². The fourth-order valence-corrected chi connectivity index (χ4v) is 4.54. The second-order valence-corrected chi connectivity index (χ2v) is 9.25. The number of aromatic nitrogens is 1. The molecule has 0 aliphatic carbocycles. The molecular weight excluding hydrogens is 462 g/mol. The van der Waals surface area contributed by atoms with Crippen molar-refractivity contribution in [3.8, 4) is 5.75 Å². The third kappa shape index (κ3) is 7.00. The van der Waals surface area contributed by atoms with Gasteiger partial charge in [0.05, 0.1) is 20.1 Å². The SMILES string of the molecule is CCCN(CC(=O)N(CCc1c[nH]c2ccccc12)Cc1ccc(OC)cc1)C(=O)Cc1ccccc1. The third-order valence-corrected chi connectivity index (χ3v) is 6.58. The van der Waals surface area contributed by atoms with Crippen LogP contribution < -0.4 is 4.74 Å². The quantitative estimate of drug-likeness (QED) is 0.292. The van der Waals surface area contributed by atoms with Crippen LogP contribution in [0.3, 0.4) is 0 Å². The van der Waals surface area contributed by atoms with E-state index >= 15 is 0 Å². The van der Waals surface area contributed by atoms with Gasteiger partial charge in [0.15, 0.2) is 0 Å². The minimum Gasteiger partial charge on any atom is -0.497 e. The van der Waals surface area contributed by atoms with Crippen LogP contribution in [0.1, 0.15) is 30.0 Å². The molecule has 0 bridgehead atoms. The van der Waals surface area contributed by atoms with Gasteiger partial charge in [-0.1, -0.05) is 67.6 Å². The molecular formula is C31H35N3O3. The van der Waals surface area contributed by atoms with E-state index in [0.717, 1.165) is 35.2 Å². The monoisotopic (exact) mass is 497 g/mol. The number of carbonyl (C=O) groups excluding carboxylic acids is 2. The molecule has 0 aliphatic heterocycles. The van der Waals surface area contributed by atoms with Gasteiger partial charge in [-0.15, -0.1) is 0 Å². The van der Waals surface area contributed by atoms with Crippen molar-refractivity contribution < 1.29 is 14.3 Å². The zero-order valence-corrected chi connectivity index (χ0v) is 21.7. The number of amides is 2. The number of hydrogen-bond acceptors (Lipinski definition) is 3. The molecule has 4 rings (SSSR count). The van der Waals surface area contributed by atoms with Gasteiger partial charge in [-0.05, 0) is 47.7 Å². The lowest BCUT2D eigenvalue weighted by atomic mass is 10.1. The van der Waals surface area contributed by atoms with Crippen LogP contribution in [0.25, 0.3) is 10.9 Å². The van der Waals surface area contributed by atoms with E-state index < -0.39 is 0 Å². The standard InChI is InChI=1S/C31H35N3O3/c1-3-18-33(30(35)20-24-9-5-4-6-10-24)23-31(36)34(22-25-13-15-27(37-2)16-14-25)19-17-26-21-32-29-12-8-7-11-28(26)29/h4-16,21,32H,3,17-20,22-23H2,1-2H3. The van der Waals surface area contributed by atoms with Crippen LogP contribution >= 0.6 is 0 Å². The van der Waals surface area contributed by atoms with E-state index in [1.54, 1.807) is 12.0 Å². The molecule has 6 heteroatoms. The number of para-hydroxylation sites is 1. The smallest absolute Gasteiger partial charge is 0.242 e. The zero-order chi connectivity index (χ0) is 26.0. The lowest BCUT2D eigenvalue weighted by Gasteiger charge is -2.28. The van der Waals surface area contributed by atoms with E-state index in [0.29, 0.717) is 26.1 Å². The highest BCUT2D eigenvalue weighted by atomic mass is 16.5. The number of nitrogens with one attached hydrogen (secondary N) is 1. The number of ether oxygens (including phenoxy) is 1. The number of aromatic amines is 1. The Labute approximate surface area is 218 Å². The predicted octanol–water partition coefficient (Wildman–Crippen LogP) is 5.23. The lowest BCUT2D eigenvalue weighted by Crippen LogP contribution is -2.44. The Hall–Kier alpha value is -4.06. The van der Waals surface area contributed by atoms with Crippen molar-refractivity contribution in [3.05, 3.63) is 102 Å². The van der Waals surface area contributed by atoms with Crippen LogP contribution in [0.5, 0.6) is 5.75 Å². The van der Waals surface area contributed by atoms with Gasteiger partial charge in [0, 0.05) is 36.7 Å². The highest BCUT2D eigenvalue weighted by molar-refractivity contribution is 5.86. The number of rotatable bonds is 12. The molecule has 6 nitrogen and oxygen atoms in total. The van der Waals surface area contributed by atoms with Crippen LogP contribution in [0, 0.1) is 0 Å². The van der Waals surface area contributed by atoms with Crippen LogP contribution in [0.4, 0.5) is 0 Å². The van der Waals surface area contributed by atoms with Crippen LogP contribution in [-0.4, -0.2) is 53.3 Å². The molecule has 2 amide bonds. The summed E-state index contributed by atoms with van der Waals surface area (Å²) in [5.74, 6) is 0.703. The van der Waals surface area contributed by atoms with E-state index in [4.69, 9.17) is 4.74 Å². The molecule has 1 N–H and O–H groups in total. The summed E-state index contributed by atoms with van der Waals surface area (Å²) in [6, 6.07) is 25.7. The van der Waals surface area contributed by atoms with Gasteiger partial charge in [0.1, 0.15) is 5.75 Å². The van der Waals surface area contributed by atoms with Crippen molar-refractivity contribution in [1.29, 1.82) is 0 Å². The molecule has 0 spiro atoms. The number of H-pyrrole nitrogens is 1. The van der Waals surface area contributed by atoms with Crippen molar-refractivity contribution >= 4 is 22.7 Å². The molecule has 0 saturated heterocycles. The third-order valence-electron chi connectivity index (χ3n) is 6.58. The van der Waals surface area contributed by atoms with E-state index in [2.05, 4.69) is 17.1 Å². The van der Waals surface area contributed by atoms with E-state index in [9.17, 15) is 9.59 Å². The lowest BCUT2D eigenvalue weighted by molar-refractivity contribution is -0.140. The zero-order valence-electron chi connectivity index (χ0n) is 21.7. The maximum absolute atomic E-state index is 13.6. The van der Waals surface area contributed by atoms with Crippen molar-refractivity contribution in [2.75, 3.05) is 26.7 Å². The second-order valence-electron chi connectivity index (χ2n) is 9.25. The summed E-state index contributed by atoms with van der Waals surface area (Å²) in [6.45, 7) is 3.68. The van der Waals surface area contributed by atoms with Gasteiger partial charge in [0.2, 0.25) is 11.8 Å². The van der Waals surface area contributed by atoms with E-state index in [-0.39, 0.29) is 18.4 Å². The average molecular weight is 498 g/mol. The largest absolute Gasteiger partial charge is 0.497 e. The first-order valence-corrected chi connectivity index (χ1v) is 12.8. The van der Waals surface area contributed by atoms with Crippen LogP contribution in [0.2, 0.25) is 0 Å². The Balaban J connectivity index is 1.50. The molecule has 0 radical (unpaired) electrons. The molecule has 37 heavy (non-hydrogen) atoms.